The lowest BCUT2D eigenvalue weighted by atomic mass is 10.0. The first-order valence-corrected chi connectivity index (χ1v) is 8.88. The number of fused-ring (bicyclic) bond motifs is 1. The summed E-state index contributed by atoms with van der Waals surface area (Å²) in [5.74, 6) is -3.89. The molecule has 0 saturated heterocycles. The van der Waals surface area contributed by atoms with Gasteiger partial charge in [0, 0.05) is 0 Å². The molecule has 1 heterocycles. The summed E-state index contributed by atoms with van der Waals surface area (Å²) in [5.41, 5.74) is 5.93. The molecule has 2 unspecified atom stereocenters. The van der Waals surface area contributed by atoms with Crippen LogP contribution in [0.25, 0.3) is 0 Å². The number of carboxylic acids is 1. The van der Waals surface area contributed by atoms with Crippen molar-refractivity contribution in [1.29, 1.82) is 0 Å². The number of nitrogens with zero attached hydrogens (tertiary/aromatic N) is 1. The molecule has 29 heavy (non-hydrogen) atoms. The summed E-state index contributed by atoms with van der Waals surface area (Å²) in [6, 6.07) is 3.38. The Bertz CT molecular complexity index is 840. The van der Waals surface area contributed by atoms with Crippen LogP contribution in [0.3, 0.4) is 0 Å². The number of primary amides is 1. The maximum atomic E-state index is 12.8. The monoisotopic (exact) mass is 405 g/mol. The van der Waals surface area contributed by atoms with Crippen molar-refractivity contribution in [3.05, 3.63) is 24.3 Å². The normalized spacial score (nSPS) is 15.0. The molecule has 11 heteroatoms. The molecule has 1 aliphatic heterocycles. The number of hydrogen-bond acceptors (Lipinski definition) is 5. The Hall–Kier alpha value is -3.63. The van der Waals surface area contributed by atoms with E-state index in [1.165, 1.54) is 4.90 Å². The molecule has 5 amide bonds. The third-order valence-electron chi connectivity index (χ3n) is 4.26. The lowest BCUT2D eigenvalue weighted by Gasteiger charge is -2.31. The average molecular weight is 405 g/mol. The molecule has 0 saturated carbocycles. The minimum atomic E-state index is -1.51. The predicted molar refractivity (Wildman–Crippen MR) is 103 cm³/mol. The van der Waals surface area contributed by atoms with Crippen molar-refractivity contribution in [1.82, 2.24) is 10.6 Å². The van der Waals surface area contributed by atoms with E-state index >= 15 is 0 Å². The molecular weight excluding hydrogens is 382 g/mol. The molecule has 0 aromatic heterocycles. The fraction of sp³-hybridized carbons (Fsp3) is 0.389. The zero-order valence-corrected chi connectivity index (χ0v) is 16.0. The fourth-order valence-electron chi connectivity index (χ4n) is 2.82. The zero-order valence-electron chi connectivity index (χ0n) is 16.0. The summed E-state index contributed by atoms with van der Waals surface area (Å²) in [4.78, 5) is 60.7. The SMILES string of the molecule is CC(C)C(NC(=O)N1CC(=O)Nc2ccccc21)C(=O)NC(CC(N)=O)C(=O)O. The number of carbonyl (C=O) groups is 5. The van der Waals surface area contributed by atoms with Crippen LogP contribution in [0.2, 0.25) is 0 Å². The quantitative estimate of drug-likeness (QED) is 0.414. The summed E-state index contributed by atoms with van der Waals surface area (Å²) < 4.78 is 0. The van der Waals surface area contributed by atoms with Crippen molar-refractivity contribution in [3.8, 4) is 0 Å². The molecule has 0 aliphatic carbocycles. The lowest BCUT2D eigenvalue weighted by Crippen LogP contribution is -2.57. The molecule has 1 aliphatic rings. The number of nitrogens with one attached hydrogen (secondary N) is 3. The average Bonchev–Trinajstić information content (AvgIpc) is 2.63. The first-order valence-electron chi connectivity index (χ1n) is 8.88. The smallest absolute Gasteiger partial charge is 0.326 e. The van der Waals surface area contributed by atoms with Crippen molar-refractivity contribution in [2.75, 3.05) is 16.8 Å². The standard InChI is InChI=1S/C18H23N5O6/c1-9(2)15(16(26)21-11(17(27)28)7-13(19)24)22-18(29)23-8-14(25)20-10-5-3-4-6-12(10)23/h3-6,9,11,15H,7-8H2,1-2H3,(H2,19,24)(H,20,25)(H,21,26)(H,22,29)(H,27,28). The van der Waals surface area contributed by atoms with E-state index < -0.39 is 54.1 Å². The van der Waals surface area contributed by atoms with Crippen LogP contribution in [0.1, 0.15) is 20.3 Å². The van der Waals surface area contributed by atoms with Gasteiger partial charge in [0.15, 0.2) is 0 Å². The topological polar surface area (TPSA) is 171 Å². The number of anilines is 2. The van der Waals surface area contributed by atoms with Crippen LogP contribution in [0.5, 0.6) is 0 Å². The van der Waals surface area contributed by atoms with Crippen molar-refractivity contribution in [2.45, 2.75) is 32.4 Å². The second kappa shape index (κ2) is 9.04. The number of carboxylic acid groups (broad SMARTS) is 1. The highest BCUT2D eigenvalue weighted by atomic mass is 16.4. The molecule has 2 rings (SSSR count). The number of carbonyl (C=O) groups excluding carboxylic acids is 4. The molecule has 0 fully saturated rings. The number of amides is 5. The lowest BCUT2D eigenvalue weighted by molar-refractivity contribution is -0.143. The number of para-hydroxylation sites is 2. The van der Waals surface area contributed by atoms with E-state index in [1.54, 1.807) is 38.1 Å². The van der Waals surface area contributed by atoms with Gasteiger partial charge in [-0.25, -0.2) is 9.59 Å². The van der Waals surface area contributed by atoms with E-state index in [0.717, 1.165) is 0 Å². The van der Waals surface area contributed by atoms with Gasteiger partial charge in [0.05, 0.1) is 17.8 Å². The van der Waals surface area contributed by atoms with Crippen molar-refractivity contribution in [3.63, 3.8) is 0 Å². The Kier molecular flexibility index (Phi) is 6.75. The predicted octanol–water partition coefficient (Wildman–Crippen LogP) is -0.376. The van der Waals surface area contributed by atoms with Crippen LogP contribution in [0.4, 0.5) is 16.2 Å². The number of urea groups is 1. The first-order chi connectivity index (χ1) is 13.6. The summed E-state index contributed by atoms with van der Waals surface area (Å²) in [6.45, 7) is 3.07. The highest BCUT2D eigenvalue weighted by Crippen LogP contribution is 2.28. The molecule has 0 bridgehead atoms. The van der Waals surface area contributed by atoms with E-state index in [-0.39, 0.29) is 6.54 Å². The summed E-state index contributed by atoms with van der Waals surface area (Å²) in [5, 5.41) is 16.5. The Balaban J connectivity index is 2.17. The number of nitrogens with two attached hydrogens (primary N) is 1. The Morgan fingerprint density at radius 3 is 2.45 bits per heavy atom. The van der Waals surface area contributed by atoms with E-state index in [9.17, 15) is 24.0 Å². The summed E-state index contributed by atoms with van der Waals surface area (Å²) in [6.07, 6.45) is -0.584. The molecular formula is C18H23N5O6. The van der Waals surface area contributed by atoms with Gasteiger partial charge >= 0.3 is 12.0 Å². The molecule has 1 aromatic carbocycles. The van der Waals surface area contributed by atoms with Crippen molar-refractivity contribution < 1.29 is 29.1 Å². The molecule has 11 nitrogen and oxygen atoms in total. The maximum Gasteiger partial charge on any atom is 0.326 e. The van der Waals surface area contributed by atoms with Gasteiger partial charge in [-0.2, -0.15) is 0 Å². The Morgan fingerprint density at radius 1 is 1.21 bits per heavy atom. The third kappa shape index (κ3) is 5.43. The molecule has 1 aromatic rings. The van der Waals surface area contributed by atoms with Gasteiger partial charge in [-0.05, 0) is 18.1 Å². The van der Waals surface area contributed by atoms with Gasteiger partial charge < -0.3 is 26.8 Å². The molecule has 0 spiro atoms. The van der Waals surface area contributed by atoms with Crippen LogP contribution in [0.15, 0.2) is 24.3 Å². The van der Waals surface area contributed by atoms with E-state index in [4.69, 9.17) is 10.8 Å². The van der Waals surface area contributed by atoms with E-state index in [1.807, 2.05) is 0 Å². The van der Waals surface area contributed by atoms with Gasteiger partial charge in [-0.1, -0.05) is 26.0 Å². The van der Waals surface area contributed by atoms with Gasteiger partial charge in [-0.3, -0.25) is 19.3 Å². The van der Waals surface area contributed by atoms with Crippen LogP contribution in [-0.4, -0.2) is 53.5 Å². The van der Waals surface area contributed by atoms with Gasteiger partial charge in [-0.15, -0.1) is 0 Å². The summed E-state index contributed by atoms with van der Waals surface area (Å²) >= 11 is 0. The zero-order chi connectivity index (χ0) is 21.7. The fourth-order valence-corrected chi connectivity index (χ4v) is 2.82. The first kappa shape index (κ1) is 21.7. The van der Waals surface area contributed by atoms with Crippen LogP contribution < -0.4 is 26.6 Å². The van der Waals surface area contributed by atoms with Crippen LogP contribution in [-0.2, 0) is 19.2 Å². The number of aliphatic carboxylic acids is 1. The van der Waals surface area contributed by atoms with E-state index in [0.29, 0.717) is 11.4 Å². The molecule has 2 atom stereocenters. The van der Waals surface area contributed by atoms with Gasteiger partial charge in [0.25, 0.3) is 0 Å². The number of benzene rings is 1. The molecule has 6 N–H and O–H groups in total. The molecule has 156 valence electrons. The second-order valence-electron chi connectivity index (χ2n) is 6.89. The van der Waals surface area contributed by atoms with Crippen LogP contribution >= 0.6 is 0 Å². The minimum Gasteiger partial charge on any atom is -0.480 e. The maximum absolute atomic E-state index is 12.8. The van der Waals surface area contributed by atoms with Gasteiger partial charge in [0.1, 0.15) is 18.6 Å². The summed E-state index contributed by atoms with van der Waals surface area (Å²) in [7, 11) is 0. The van der Waals surface area contributed by atoms with Crippen LogP contribution in [0, 0.1) is 5.92 Å². The van der Waals surface area contributed by atoms with Gasteiger partial charge in [0.2, 0.25) is 17.7 Å². The number of hydrogen-bond donors (Lipinski definition) is 5. The third-order valence-corrected chi connectivity index (χ3v) is 4.26. The number of rotatable bonds is 7. The Labute approximate surface area is 166 Å². The highest BCUT2D eigenvalue weighted by Gasteiger charge is 2.33. The van der Waals surface area contributed by atoms with E-state index in [2.05, 4.69) is 16.0 Å². The molecule has 0 radical (unpaired) electrons. The van der Waals surface area contributed by atoms with Crippen molar-refractivity contribution in [2.24, 2.45) is 11.7 Å². The largest absolute Gasteiger partial charge is 0.480 e. The Morgan fingerprint density at radius 2 is 1.86 bits per heavy atom. The minimum absolute atomic E-state index is 0.241. The van der Waals surface area contributed by atoms with Crippen molar-refractivity contribution >= 4 is 41.1 Å². The second-order valence-corrected chi connectivity index (χ2v) is 6.89. The highest BCUT2D eigenvalue weighted by molar-refractivity contribution is 6.10.